The first-order valence-corrected chi connectivity index (χ1v) is 12.7. The lowest BCUT2D eigenvalue weighted by molar-refractivity contribution is 0.0913. The van der Waals surface area contributed by atoms with E-state index in [4.69, 9.17) is 4.63 Å². The van der Waals surface area contributed by atoms with Crippen molar-refractivity contribution in [1.29, 1.82) is 0 Å². The summed E-state index contributed by atoms with van der Waals surface area (Å²) in [5.41, 5.74) is 3.06. The van der Waals surface area contributed by atoms with Crippen LogP contribution >= 0.6 is 0 Å². The molecule has 0 spiro atoms. The number of piperidine rings is 2. The molecule has 1 aromatic carbocycles. The van der Waals surface area contributed by atoms with Gasteiger partial charge in [0.05, 0.1) is 0 Å². The van der Waals surface area contributed by atoms with Crippen LogP contribution in [0, 0.1) is 5.92 Å². The molecule has 1 aliphatic carbocycles. The third-order valence-corrected chi connectivity index (χ3v) is 7.85. The van der Waals surface area contributed by atoms with Gasteiger partial charge in [-0.05, 0) is 86.0 Å². The van der Waals surface area contributed by atoms with Gasteiger partial charge < -0.3 is 9.80 Å². The molecule has 0 bridgehead atoms. The summed E-state index contributed by atoms with van der Waals surface area (Å²) in [6.45, 7) is 9.62. The van der Waals surface area contributed by atoms with Gasteiger partial charge in [0.25, 0.3) is 0 Å². The average molecular weight is 426 g/mol. The normalized spacial score (nSPS) is 24.5. The highest BCUT2D eigenvalue weighted by atomic mass is 16.6. The molecule has 1 aromatic heterocycles. The number of rotatable bonds is 8. The zero-order valence-electron chi connectivity index (χ0n) is 19.1. The Morgan fingerprint density at radius 1 is 0.935 bits per heavy atom. The molecule has 31 heavy (non-hydrogen) atoms. The Hall–Kier alpha value is -1.50. The van der Waals surface area contributed by atoms with Gasteiger partial charge in [-0.15, -0.1) is 0 Å². The predicted molar refractivity (Wildman–Crippen MR) is 124 cm³/mol. The molecule has 0 radical (unpaired) electrons. The second-order valence-electron chi connectivity index (χ2n) is 10.1. The second kappa shape index (κ2) is 10.4. The van der Waals surface area contributed by atoms with Crippen LogP contribution in [0.3, 0.4) is 0 Å². The third-order valence-electron chi connectivity index (χ3n) is 7.85. The summed E-state index contributed by atoms with van der Waals surface area (Å²) in [6.07, 6.45) is 12.6. The standard InChI is InChI=1S/C25H39N5O/c1-4-13-28(14-5-1)16-17-29(20-22-9-6-12-24-25(22)27-31-26-24)18-21-8-7-15-30(19-21)23-10-2-3-11-23/h6,9,12,21,23H,1-5,7-8,10-11,13-20H2. The number of hydrogen-bond donors (Lipinski definition) is 0. The fraction of sp³-hybridized carbons (Fsp3) is 0.760. The van der Waals surface area contributed by atoms with E-state index >= 15 is 0 Å². The smallest absolute Gasteiger partial charge is 0.139 e. The van der Waals surface area contributed by atoms with E-state index in [0.717, 1.165) is 36.1 Å². The molecule has 1 unspecified atom stereocenters. The zero-order valence-corrected chi connectivity index (χ0v) is 19.1. The molecule has 2 saturated heterocycles. The maximum absolute atomic E-state index is 5.03. The van der Waals surface area contributed by atoms with Crippen molar-refractivity contribution >= 4 is 11.0 Å². The number of fused-ring (bicyclic) bond motifs is 1. The molecular formula is C25H39N5O. The topological polar surface area (TPSA) is 48.6 Å². The average Bonchev–Trinajstić information content (AvgIpc) is 3.51. The van der Waals surface area contributed by atoms with Crippen LogP contribution in [0.4, 0.5) is 0 Å². The first-order valence-electron chi connectivity index (χ1n) is 12.7. The Labute approximate surface area is 186 Å². The van der Waals surface area contributed by atoms with Gasteiger partial charge in [-0.2, -0.15) is 0 Å². The first kappa shape index (κ1) is 21.4. The molecule has 2 aromatic rings. The summed E-state index contributed by atoms with van der Waals surface area (Å²) in [5, 5.41) is 8.26. The summed E-state index contributed by atoms with van der Waals surface area (Å²) >= 11 is 0. The number of aromatic nitrogens is 2. The van der Waals surface area contributed by atoms with Crippen molar-refractivity contribution in [3.05, 3.63) is 23.8 Å². The van der Waals surface area contributed by atoms with Gasteiger partial charge in [0.1, 0.15) is 11.0 Å². The molecular weight excluding hydrogens is 386 g/mol. The van der Waals surface area contributed by atoms with Crippen LogP contribution in [0.25, 0.3) is 11.0 Å². The summed E-state index contributed by atoms with van der Waals surface area (Å²) in [4.78, 5) is 8.19. The van der Waals surface area contributed by atoms with Crippen LogP contribution < -0.4 is 0 Å². The van der Waals surface area contributed by atoms with Crippen molar-refractivity contribution in [1.82, 2.24) is 25.0 Å². The highest BCUT2D eigenvalue weighted by Gasteiger charge is 2.29. The molecule has 0 N–H and O–H groups in total. The molecule has 3 fully saturated rings. The fourth-order valence-electron chi connectivity index (χ4n) is 6.14. The van der Waals surface area contributed by atoms with E-state index in [0.29, 0.717) is 0 Å². The number of likely N-dealkylation sites (tertiary alicyclic amines) is 2. The molecule has 170 valence electrons. The minimum absolute atomic E-state index is 0.783. The van der Waals surface area contributed by atoms with E-state index in [-0.39, 0.29) is 0 Å². The van der Waals surface area contributed by atoms with Gasteiger partial charge in [0.15, 0.2) is 0 Å². The molecule has 0 amide bonds. The van der Waals surface area contributed by atoms with Crippen molar-refractivity contribution < 1.29 is 4.63 Å². The van der Waals surface area contributed by atoms with Gasteiger partial charge in [0.2, 0.25) is 0 Å². The lowest BCUT2D eigenvalue weighted by Crippen LogP contribution is -2.46. The van der Waals surface area contributed by atoms with Crippen molar-refractivity contribution in [3.8, 4) is 0 Å². The van der Waals surface area contributed by atoms with E-state index in [9.17, 15) is 0 Å². The third kappa shape index (κ3) is 5.47. The Bertz CT molecular complexity index is 811. The maximum atomic E-state index is 5.03. The van der Waals surface area contributed by atoms with Crippen molar-refractivity contribution in [3.63, 3.8) is 0 Å². The predicted octanol–water partition coefficient (Wildman–Crippen LogP) is 4.17. The summed E-state index contributed by atoms with van der Waals surface area (Å²) in [6, 6.07) is 7.15. The largest absolute Gasteiger partial charge is 0.302 e. The van der Waals surface area contributed by atoms with E-state index in [1.165, 1.54) is 103 Å². The van der Waals surface area contributed by atoms with Gasteiger partial charge in [0, 0.05) is 38.8 Å². The molecule has 6 nitrogen and oxygen atoms in total. The van der Waals surface area contributed by atoms with Crippen molar-refractivity contribution in [2.24, 2.45) is 5.92 Å². The quantitative estimate of drug-likeness (QED) is 0.633. The van der Waals surface area contributed by atoms with E-state index in [2.05, 4.69) is 37.1 Å². The molecule has 5 rings (SSSR count). The maximum Gasteiger partial charge on any atom is 0.139 e. The van der Waals surface area contributed by atoms with E-state index < -0.39 is 0 Å². The number of hydrogen-bond acceptors (Lipinski definition) is 6. The van der Waals surface area contributed by atoms with Crippen LogP contribution in [-0.4, -0.2) is 76.9 Å². The first-order chi connectivity index (χ1) is 15.3. The highest BCUT2D eigenvalue weighted by Crippen LogP contribution is 2.28. The molecule has 3 aliphatic rings. The van der Waals surface area contributed by atoms with Crippen LogP contribution in [0.5, 0.6) is 0 Å². The Morgan fingerprint density at radius 3 is 2.68 bits per heavy atom. The van der Waals surface area contributed by atoms with Crippen molar-refractivity contribution in [2.45, 2.75) is 70.4 Å². The highest BCUT2D eigenvalue weighted by molar-refractivity contribution is 5.76. The minimum Gasteiger partial charge on any atom is -0.302 e. The SMILES string of the molecule is c1cc(CN(CCN2CCCCC2)CC2CCCN(C3CCCC3)C2)c2nonc2c1. The molecule has 2 aliphatic heterocycles. The van der Waals surface area contributed by atoms with Crippen LogP contribution in [0.2, 0.25) is 0 Å². The molecule has 6 heteroatoms. The van der Waals surface area contributed by atoms with Gasteiger partial charge in [-0.1, -0.05) is 31.4 Å². The van der Waals surface area contributed by atoms with Gasteiger partial charge in [-0.3, -0.25) is 4.90 Å². The number of benzene rings is 1. The summed E-state index contributed by atoms with van der Waals surface area (Å²) in [5.74, 6) is 0.783. The van der Waals surface area contributed by atoms with Gasteiger partial charge >= 0.3 is 0 Å². The fourth-order valence-corrected chi connectivity index (χ4v) is 6.14. The second-order valence-corrected chi connectivity index (χ2v) is 10.1. The van der Waals surface area contributed by atoms with Crippen LogP contribution in [-0.2, 0) is 6.54 Å². The van der Waals surface area contributed by atoms with Gasteiger partial charge in [-0.25, -0.2) is 4.63 Å². The van der Waals surface area contributed by atoms with Crippen molar-refractivity contribution in [2.75, 3.05) is 45.8 Å². The molecule has 1 saturated carbocycles. The summed E-state index contributed by atoms with van der Waals surface area (Å²) in [7, 11) is 0. The summed E-state index contributed by atoms with van der Waals surface area (Å²) < 4.78 is 5.03. The Morgan fingerprint density at radius 2 is 1.81 bits per heavy atom. The monoisotopic (exact) mass is 425 g/mol. The van der Waals surface area contributed by atoms with E-state index in [1.807, 2.05) is 6.07 Å². The Kier molecular flexibility index (Phi) is 7.17. The molecule has 1 atom stereocenters. The zero-order chi connectivity index (χ0) is 20.9. The number of nitrogens with zero attached hydrogens (tertiary/aromatic N) is 5. The lowest BCUT2D eigenvalue weighted by atomic mass is 9.95. The lowest BCUT2D eigenvalue weighted by Gasteiger charge is -2.39. The van der Waals surface area contributed by atoms with E-state index in [1.54, 1.807) is 0 Å². The molecule has 3 heterocycles. The minimum atomic E-state index is 0.783. The van der Waals surface area contributed by atoms with Crippen LogP contribution in [0.15, 0.2) is 22.8 Å². The van der Waals surface area contributed by atoms with Crippen LogP contribution in [0.1, 0.15) is 63.4 Å². The Balaban J connectivity index is 1.25.